The minimum Gasteiger partial charge on any atom is -0.379 e. The Balaban J connectivity index is 0.000000461. The van der Waals surface area contributed by atoms with Gasteiger partial charge in [0.2, 0.25) is 0 Å². The fourth-order valence-corrected chi connectivity index (χ4v) is 1.25. The monoisotopic (exact) mass is 177 g/mol. The highest BCUT2D eigenvalue weighted by Gasteiger charge is 2.07. The summed E-state index contributed by atoms with van der Waals surface area (Å²) >= 11 is 4.15. The topological polar surface area (TPSA) is 12.5 Å². The molecule has 0 aromatic heterocycles. The number of nitrogens with zero attached hydrogens (tertiary/aromatic N) is 1. The molecule has 0 bridgehead atoms. The van der Waals surface area contributed by atoms with Gasteiger partial charge in [-0.2, -0.15) is 12.6 Å². The van der Waals surface area contributed by atoms with Gasteiger partial charge in [0, 0.05) is 25.4 Å². The predicted octanol–water partition coefficient (Wildman–Crippen LogP) is 1.27. The van der Waals surface area contributed by atoms with E-state index in [9.17, 15) is 0 Å². The standard InChI is InChI=1S/C6H13NOS.C2H6/c9-6-3-7-1-4-8-5-2-7;1-2/h9H,1-6H2;1-2H3. The van der Waals surface area contributed by atoms with E-state index in [1.54, 1.807) is 0 Å². The Morgan fingerprint density at radius 3 is 2.27 bits per heavy atom. The van der Waals surface area contributed by atoms with Crippen molar-refractivity contribution in [2.75, 3.05) is 38.6 Å². The van der Waals surface area contributed by atoms with Gasteiger partial charge in [0.15, 0.2) is 0 Å². The van der Waals surface area contributed by atoms with E-state index in [1.165, 1.54) is 0 Å². The van der Waals surface area contributed by atoms with Crippen LogP contribution in [0.3, 0.4) is 0 Å². The number of hydrogen-bond donors (Lipinski definition) is 1. The molecule has 11 heavy (non-hydrogen) atoms. The molecule has 1 aliphatic rings. The van der Waals surface area contributed by atoms with Crippen molar-refractivity contribution in [3.05, 3.63) is 0 Å². The second-order valence-electron chi connectivity index (χ2n) is 2.18. The summed E-state index contributed by atoms with van der Waals surface area (Å²) in [6, 6.07) is 0. The summed E-state index contributed by atoms with van der Waals surface area (Å²) < 4.78 is 5.18. The Morgan fingerprint density at radius 1 is 1.27 bits per heavy atom. The van der Waals surface area contributed by atoms with Crippen LogP contribution >= 0.6 is 12.6 Å². The van der Waals surface area contributed by atoms with Gasteiger partial charge in [0.25, 0.3) is 0 Å². The Morgan fingerprint density at radius 2 is 1.82 bits per heavy atom. The summed E-state index contributed by atoms with van der Waals surface area (Å²) in [5, 5.41) is 0. The fourth-order valence-electron chi connectivity index (χ4n) is 0.966. The zero-order valence-corrected chi connectivity index (χ0v) is 8.44. The third kappa shape index (κ3) is 5.53. The summed E-state index contributed by atoms with van der Waals surface area (Å²) in [5.74, 6) is 0.958. The zero-order valence-electron chi connectivity index (χ0n) is 7.55. The summed E-state index contributed by atoms with van der Waals surface area (Å²) in [6.07, 6.45) is 0. The highest BCUT2D eigenvalue weighted by atomic mass is 32.1. The highest BCUT2D eigenvalue weighted by Crippen LogP contribution is 1.95. The molecule has 1 saturated heterocycles. The van der Waals surface area contributed by atoms with Crippen molar-refractivity contribution in [3.8, 4) is 0 Å². The van der Waals surface area contributed by atoms with Crippen LogP contribution in [0, 0.1) is 0 Å². The lowest BCUT2D eigenvalue weighted by Crippen LogP contribution is -2.37. The van der Waals surface area contributed by atoms with Crippen LogP contribution in [-0.4, -0.2) is 43.5 Å². The molecule has 0 unspecified atom stereocenters. The molecular weight excluding hydrogens is 158 g/mol. The Hall–Kier alpha value is 0.270. The molecule has 0 spiro atoms. The molecular formula is C8H19NOS. The van der Waals surface area contributed by atoms with Gasteiger partial charge in [0.1, 0.15) is 0 Å². The summed E-state index contributed by atoms with van der Waals surface area (Å²) in [7, 11) is 0. The number of rotatable bonds is 2. The van der Waals surface area contributed by atoms with Crippen molar-refractivity contribution >= 4 is 12.6 Å². The maximum atomic E-state index is 5.18. The van der Waals surface area contributed by atoms with Crippen LogP contribution in [-0.2, 0) is 4.74 Å². The summed E-state index contributed by atoms with van der Waals surface area (Å²) in [6.45, 7) is 9.06. The van der Waals surface area contributed by atoms with Crippen LogP contribution in [0.25, 0.3) is 0 Å². The second kappa shape index (κ2) is 8.37. The van der Waals surface area contributed by atoms with Crippen LogP contribution in [0.5, 0.6) is 0 Å². The van der Waals surface area contributed by atoms with Crippen molar-refractivity contribution in [2.45, 2.75) is 13.8 Å². The van der Waals surface area contributed by atoms with Crippen molar-refractivity contribution in [1.29, 1.82) is 0 Å². The van der Waals surface area contributed by atoms with E-state index in [4.69, 9.17) is 4.74 Å². The molecule has 3 heteroatoms. The summed E-state index contributed by atoms with van der Waals surface area (Å²) in [5.41, 5.74) is 0. The average molecular weight is 177 g/mol. The quantitative estimate of drug-likeness (QED) is 0.638. The van der Waals surface area contributed by atoms with Gasteiger partial charge in [-0.15, -0.1) is 0 Å². The van der Waals surface area contributed by atoms with Gasteiger partial charge in [-0.3, -0.25) is 4.90 Å². The highest BCUT2D eigenvalue weighted by molar-refractivity contribution is 7.80. The molecule has 68 valence electrons. The molecule has 0 N–H and O–H groups in total. The molecule has 0 amide bonds. The molecule has 0 atom stereocenters. The van der Waals surface area contributed by atoms with E-state index in [1.807, 2.05) is 13.8 Å². The largest absolute Gasteiger partial charge is 0.379 e. The van der Waals surface area contributed by atoms with E-state index < -0.39 is 0 Å². The first-order valence-electron chi connectivity index (χ1n) is 4.34. The number of thiol groups is 1. The minimum atomic E-state index is 0.897. The smallest absolute Gasteiger partial charge is 0.0594 e. The van der Waals surface area contributed by atoms with Crippen LogP contribution in [0.4, 0.5) is 0 Å². The normalized spacial score (nSPS) is 18.8. The molecule has 2 nitrogen and oxygen atoms in total. The summed E-state index contributed by atoms with van der Waals surface area (Å²) in [4.78, 5) is 2.37. The molecule has 0 aromatic carbocycles. The van der Waals surface area contributed by atoms with Crippen molar-refractivity contribution in [3.63, 3.8) is 0 Å². The zero-order chi connectivity index (χ0) is 8.53. The molecule has 0 aliphatic carbocycles. The van der Waals surface area contributed by atoms with E-state index in [2.05, 4.69) is 17.5 Å². The molecule has 1 rings (SSSR count). The van der Waals surface area contributed by atoms with Gasteiger partial charge in [-0.1, -0.05) is 13.8 Å². The predicted molar refractivity (Wildman–Crippen MR) is 52.5 cm³/mol. The molecule has 0 saturated carbocycles. The van der Waals surface area contributed by atoms with E-state index in [0.717, 1.165) is 38.6 Å². The molecule has 1 fully saturated rings. The molecule has 1 heterocycles. The first-order chi connectivity index (χ1) is 5.43. The van der Waals surface area contributed by atoms with Gasteiger partial charge >= 0.3 is 0 Å². The Labute approximate surface area is 75.3 Å². The first-order valence-corrected chi connectivity index (χ1v) is 4.97. The lowest BCUT2D eigenvalue weighted by Gasteiger charge is -2.25. The van der Waals surface area contributed by atoms with Crippen molar-refractivity contribution in [1.82, 2.24) is 4.90 Å². The van der Waals surface area contributed by atoms with Crippen LogP contribution in [0.2, 0.25) is 0 Å². The second-order valence-corrected chi connectivity index (χ2v) is 2.62. The van der Waals surface area contributed by atoms with Crippen LogP contribution < -0.4 is 0 Å². The number of hydrogen-bond acceptors (Lipinski definition) is 3. The molecule has 1 aliphatic heterocycles. The minimum absolute atomic E-state index is 0.897. The van der Waals surface area contributed by atoms with E-state index in [0.29, 0.717) is 0 Å². The third-order valence-corrected chi connectivity index (χ3v) is 1.72. The Bertz CT molecular complexity index is 71.7. The van der Waals surface area contributed by atoms with Crippen LogP contribution in [0.15, 0.2) is 0 Å². The third-order valence-electron chi connectivity index (χ3n) is 1.52. The van der Waals surface area contributed by atoms with Gasteiger partial charge in [-0.25, -0.2) is 0 Å². The van der Waals surface area contributed by atoms with E-state index >= 15 is 0 Å². The molecule has 0 radical (unpaired) electrons. The van der Waals surface area contributed by atoms with Crippen molar-refractivity contribution < 1.29 is 4.74 Å². The molecule has 0 aromatic rings. The maximum Gasteiger partial charge on any atom is 0.0594 e. The van der Waals surface area contributed by atoms with Gasteiger partial charge < -0.3 is 4.74 Å². The number of ether oxygens (including phenoxy) is 1. The Kier molecular flexibility index (Phi) is 8.57. The van der Waals surface area contributed by atoms with Gasteiger partial charge in [-0.05, 0) is 0 Å². The van der Waals surface area contributed by atoms with Gasteiger partial charge in [0.05, 0.1) is 13.2 Å². The van der Waals surface area contributed by atoms with E-state index in [-0.39, 0.29) is 0 Å². The lowest BCUT2D eigenvalue weighted by atomic mass is 10.4. The average Bonchev–Trinajstić information content (AvgIpc) is 2.11. The first kappa shape index (κ1) is 11.3. The fraction of sp³-hybridized carbons (Fsp3) is 1.00. The maximum absolute atomic E-state index is 5.18. The SMILES string of the molecule is CC.SCCN1CCOCC1. The lowest BCUT2D eigenvalue weighted by molar-refractivity contribution is 0.0410. The number of morpholine rings is 1. The van der Waals surface area contributed by atoms with Crippen molar-refractivity contribution in [2.24, 2.45) is 0 Å². The van der Waals surface area contributed by atoms with Crippen LogP contribution in [0.1, 0.15) is 13.8 Å².